The van der Waals surface area contributed by atoms with Crippen LogP contribution in [0.15, 0.2) is 11.7 Å². The smallest absolute Gasteiger partial charge is 0.277 e. The SMILES string of the molecule is CC(=O)Nc1nc(C(=O)Nc2ncn(C3CCCCC3)n2)cs1. The molecule has 0 aromatic carbocycles. The van der Waals surface area contributed by atoms with Gasteiger partial charge in [-0.25, -0.2) is 14.6 Å². The third kappa shape index (κ3) is 3.92. The molecule has 1 saturated carbocycles. The molecule has 0 saturated heterocycles. The quantitative estimate of drug-likeness (QED) is 0.894. The monoisotopic (exact) mass is 334 g/mol. The molecule has 2 aromatic rings. The Kier molecular flexibility index (Phi) is 4.65. The first kappa shape index (κ1) is 15.6. The number of hydrogen-bond donors (Lipinski definition) is 2. The van der Waals surface area contributed by atoms with Gasteiger partial charge in [0.2, 0.25) is 11.9 Å². The van der Waals surface area contributed by atoms with Crippen LogP contribution >= 0.6 is 11.3 Å². The molecule has 2 heterocycles. The highest BCUT2D eigenvalue weighted by atomic mass is 32.1. The number of nitrogens with one attached hydrogen (secondary N) is 2. The maximum Gasteiger partial charge on any atom is 0.277 e. The molecule has 0 bridgehead atoms. The lowest BCUT2D eigenvalue weighted by molar-refractivity contribution is -0.114. The van der Waals surface area contributed by atoms with E-state index in [0.29, 0.717) is 11.2 Å². The van der Waals surface area contributed by atoms with E-state index in [1.807, 2.05) is 4.68 Å². The highest BCUT2D eigenvalue weighted by molar-refractivity contribution is 7.14. The molecule has 2 amide bonds. The molecule has 0 spiro atoms. The van der Waals surface area contributed by atoms with E-state index in [4.69, 9.17) is 0 Å². The molecule has 0 unspecified atom stereocenters. The largest absolute Gasteiger partial charge is 0.302 e. The molecule has 8 nitrogen and oxygen atoms in total. The van der Waals surface area contributed by atoms with Crippen LogP contribution in [0.1, 0.15) is 55.6 Å². The number of aromatic nitrogens is 4. The van der Waals surface area contributed by atoms with Crippen molar-refractivity contribution in [2.75, 3.05) is 10.6 Å². The van der Waals surface area contributed by atoms with Crippen LogP contribution in [-0.4, -0.2) is 31.6 Å². The van der Waals surface area contributed by atoms with Gasteiger partial charge < -0.3 is 5.32 Å². The van der Waals surface area contributed by atoms with Crippen LogP contribution < -0.4 is 10.6 Å². The Labute approximate surface area is 137 Å². The van der Waals surface area contributed by atoms with E-state index in [9.17, 15) is 9.59 Å². The van der Waals surface area contributed by atoms with E-state index in [0.717, 1.165) is 12.8 Å². The van der Waals surface area contributed by atoms with Crippen LogP contribution in [0.5, 0.6) is 0 Å². The van der Waals surface area contributed by atoms with Gasteiger partial charge in [0.05, 0.1) is 6.04 Å². The van der Waals surface area contributed by atoms with Crippen molar-refractivity contribution in [3.63, 3.8) is 0 Å². The Morgan fingerprint density at radius 3 is 2.78 bits per heavy atom. The van der Waals surface area contributed by atoms with Gasteiger partial charge in [-0.1, -0.05) is 19.3 Å². The molecule has 1 aliphatic carbocycles. The van der Waals surface area contributed by atoms with Crippen LogP contribution in [-0.2, 0) is 4.79 Å². The summed E-state index contributed by atoms with van der Waals surface area (Å²) in [7, 11) is 0. The molecule has 1 fully saturated rings. The average Bonchev–Trinajstić information content (AvgIpc) is 3.17. The highest BCUT2D eigenvalue weighted by Crippen LogP contribution is 2.27. The molecule has 1 aliphatic rings. The molecule has 0 radical (unpaired) electrons. The van der Waals surface area contributed by atoms with Crippen molar-refractivity contribution in [3.05, 3.63) is 17.4 Å². The van der Waals surface area contributed by atoms with E-state index < -0.39 is 0 Å². The first-order valence-corrected chi connectivity index (χ1v) is 8.45. The summed E-state index contributed by atoms with van der Waals surface area (Å²) >= 11 is 1.19. The average molecular weight is 334 g/mol. The number of carbonyl (C=O) groups is 2. The predicted octanol–water partition coefficient (Wildman–Crippen LogP) is 2.45. The first-order chi connectivity index (χ1) is 11.1. The van der Waals surface area contributed by atoms with Gasteiger partial charge in [0.25, 0.3) is 5.91 Å². The fourth-order valence-electron chi connectivity index (χ4n) is 2.61. The Hall–Kier alpha value is -2.29. The Balaban J connectivity index is 1.62. The van der Waals surface area contributed by atoms with Crippen LogP contribution in [0, 0.1) is 0 Å². The van der Waals surface area contributed by atoms with Crippen LogP contribution in [0.4, 0.5) is 11.1 Å². The fraction of sp³-hybridized carbons (Fsp3) is 0.500. The van der Waals surface area contributed by atoms with Gasteiger partial charge in [0.15, 0.2) is 5.13 Å². The van der Waals surface area contributed by atoms with Crippen LogP contribution in [0.25, 0.3) is 0 Å². The van der Waals surface area contributed by atoms with E-state index in [1.54, 1.807) is 11.7 Å². The fourth-order valence-corrected chi connectivity index (χ4v) is 3.34. The van der Waals surface area contributed by atoms with Crippen molar-refractivity contribution in [1.82, 2.24) is 19.7 Å². The summed E-state index contributed by atoms with van der Waals surface area (Å²) in [5.74, 6) is -0.340. The number of anilines is 2. The zero-order chi connectivity index (χ0) is 16.2. The van der Waals surface area contributed by atoms with Gasteiger partial charge in [-0.2, -0.15) is 0 Å². The van der Waals surface area contributed by atoms with Crippen molar-refractivity contribution < 1.29 is 9.59 Å². The van der Waals surface area contributed by atoms with Gasteiger partial charge in [0, 0.05) is 12.3 Å². The van der Waals surface area contributed by atoms with Crippen LogP contribution in [0.3, 0.4) is 0 Å². The second-order valence-electron chi connectivity index (χ2n) is 5.51. The Morgan fingerprint density at radius 1 is 1.26 bits per heavy atom. The Morgan fingerprint density at radius 2 is 2.04 bits per heavy atom. The van der Waals surface area contributed by atoms with Crippen molar-refractivity contribution >= 4 is 34.2 Å². The van der Waals surface area contributed by atoms with Crippen LogP contribution in [0.2, 0.25) is 0 Å². The van der Waals surface area contributed by atoms with Crippen molar-refractivity contribution in [1.29, 1.82) is 0 Å². The maximum absolute atomic E-state index is 12.1. The normalized spacial score (nSPS) is 15.3. The third-order valence-corrected chi connectivity index (χ3v) is 4.46. The lowest BCUT2D eigenvalue weighted by atomic mass is 9.96. The minimum atomic E-state index is -0.390. The van der Waals surface area contributed by atoms with E-state index >= 15 is 0 Å². The van der Waals surface area contributed by atoms with Gasteiger partial charge in [-0.15, -0.1) is 16.4 Å². The minimum absolute atomic E-state index is 0.223. The van der Waals surface area contributed by atoms with Crippen molar-refractivity contribution in [3.8, 4) is 0 Å². The summed E-state index contributed by atoms with van der Waals surface area (Å²) in [4.78, 5) is 31.3. The molecular formula is C14H18N6O2S. The van der Waals surface area contributed by atoms with Gasteiger partial charge in [-0.3, -0.25) is 14.9 Å². The molecule has 2 aromatic heterocycles. The minimum Gasteiger partial charge on any atom is -0.302 e. The number of carbonyl (C=O) groups excluding carboxylic acids is 2. The van der Waals surface area contributed by atoms with E-state index in [1.165, 1.54) is 37.5 Å². The summed E-state index contributed by atoms with van der Waals surface area (Å²) in [6.45, 7) is 1.39. The third-order valence-electron chi connectivity index (χ3n) is 3.70. The molecule has 0 atom stereocenters. The molecule has 3 rings (SSSR count). The molecule has 9 heteroatoms. The standard InChI is InChI=1S/C14H18N6O2S/c1-9(21)16-14-17-11(7-23-14)12(22)18-13-15-8-20(19-13)10-5-3-2-4-6-10/h7-8,10H,2-6H2,1H3,(H,16,17,21)(H,18,19,22). The number of rotatable bonds is 4. The second kappa shape index (κ2) is 6.86. The summed E-state index contributed by atoms with van der Waals surface area (Å²) in [6, 6.07) is 0.368. The summed E-state index contributed by atoms with van der Waals surface area (Å²) in [5, 5.41) is 11.5. The number of thiazole rings is 1. The molecule has 23 heavy (non-hydrogen) atoms. The zero-order valence-corrected chi connectivity index (χ0v) is 13.6. The first-order valence-electron chi connectivity index (χ1n) is 7.57. The summed E-state index contributed by atoms with van der Waals surface area (Å²) < 4.78 is 1.83. The number of nitrogens with zero attached hydrogens (tertiary/aromatic N) is 4. The number of hydrogen-bond acceptors (Lipinski definition) is 6. The lowest BCUT2D eigenvalue weighted by Crippen LogP contribution is -2.16. The predicted molar refractivity (Wildman–Crippen MR) is 86.5 cm³/mol. The molecule has 122 valence electrons. The van der Waals surface area contributed by atoms with Gasteiger partial charge in [0.1, 0.15) is 12.0 Å². The molecular weight excluding hydrogens is 316 g/mol. The molecule has 0 aliphatic heterocycles. The van der Waals surface area contributed by atoms with E-state index in [-0.39, 0.29) is 23.5 Å². The Bertz CT molecular complexity index is 704. The highest BCUT2D eigenvalue weighted by Gasteiger charge is 2.18. The summed E-state index contributed by atoms with van der Waals surface area (Å²) in [6.07, 6.45) is 7.55. The molecule has 2 N–H and O–H groups in total. The lowest BCUT2D eigenvalue weighted by Gasteiger charge is -2.20. The van der Waals surface area contributed by atoms with E-state index in [2.05, 4.69) is 25.7 Å². The van der Waals surface area contributed by atoms with Gasteiger partial charge >= 0.3 is 0 Å². The number of amides is 2. The van der Waals surface area contributed by atoms with Gasteiger partial charge in [-0.05, 0) is 12.8 Å². The summed E-state index contributed by atoms with van der Waals surface area (Å²) in [5.41, 5.74) is 0.229. The second-order valence-corrected chi connectivity index (χ2v) is 6.37. The maximum atomic E-state index is 12.1. The topological polar surface area (TPSA) is 102 Å². The van der Waals surface area contributed by atoms with Crippen molar-refractivity contribution in [2.24, 2.45) is 0 Å². The van der Waals surface area contributed by atoms with Crippen molar-refractivity contribution in [2.45, 2.75) is 45.1 Å². The zero-order valence-electron chi connectivity index (χ0n) is 12.8.